The molecule has 2 aromatic heterocycles. The number of likely N-dealkylation sites (N-methyl/N-ethyl adjacent to an activating group) is 1. The predicted molar refractivity (Wildman–Crippen MR) is 75.3 cm³/mol. The summed E-state index contributed by atoms with van der Waals surface area (Å²) < 4.78 is 0. The van der Waals surface area contributed by atoms with E-state index in [0.717, 1.165) is 25.5 Å². The Morgan fingerprint density at radius 2 is 2.35 bits per heavy atom. The normalized spacial score (nSPS) is 20.2. The molecule has 6 nitrogen and oxygen atoms in total. The molecule has 3 heterocycles. The number of hydrogen-bond donors (Lipinski definition) is 2. The summed E-state index contributed by atoms with van der Waals surface area (Å²) in [6.07, 6.45) is 7.11. The standard InChI is InChI=1S/C14H19N5O/c1-2-18-7-8-19(14(20)11-3-4-15-9-11)10-12(18)13-16-5-6-17-13/h3-6,9,12,15H,2,7-8,10H2,1H3,(H,16,17)/t12-/m0/s1. The number of carbonyl (C=O) groups is 1. The van der Waals surface area contributed by atoms with Gasteiger partial charge in [-0.15, -0.1) is 0 Å². The molecule has 20 heavy (non-hydrogen) atoms. The van der Waals surface area contributed by atoms with Crippen molar-refractivity contribution in [3.05, 3.63) is 42.2 Å². The van der Waals surface area contributed by atoms with Crippen LogP contribution in [-0.4, -0.2) is 56.8 Å². The average molecular weight is 273 g/mol. The number of amides is 1. The third kappa shape index (κ3) is 2.34. The molecule has 0 saturated carbocycles. The van der Waals surface area contributed by atoms with Crippen LogP contribution < -0.4 is 0 Å². The van der Waals surface area contributed by atoms with Crippen LogP contribution in [0.5, 0.6) is 0 Å². The molecule has 1 aliphatic rings. The van der Waals surface area contributed by atoms with Crippen molar-refractivity contribution in [3.8, 4) is 0 Å². The summed E-state index contributed by atoms with van der Waals surface area (Å²) in [7, 11) is 0. The second-order valence-corrected chi connectivity index (χ2v) is 4.97. The number of hydrogen-bond acceptors (Lipinski definition) is 3. The third-order valence-electron chi connectivity index (χ3n) is 3.86. The molecule has 0 bridgehead atoms. The lowest BCUT2D eigenvalue weighted by atomic mass is 10.1. The van der Waals surface area contributed by atoms with Crippen LogP contribution in [0.25, 0.3) is 0 Å². The Balaban J connectivity index is 1.78. The number of nitrogens with one attached hydrogen (secondary N) is 2. The van der Waals surface area contributed by atoms with Crippen molar-refractivity contribution in [2.24, 2.45) is 0 Å². The van der Waals surface area contributed by atoms with Gasteiger partial charge in [-0.25, -0.2) is 4.98 Å². The van der Waals surface area contributed by atoms with Crippen LogP contribution in [0, 0.1) is 0 Å². The molecule has 0 radical (unpaired) electrons. The van der Waals surface area contributed by atoms with Crippen LogP contribution in [0.2, 0.25) is 0 Å². The molecule has 1 fully saturated rings. The van der Waals surface area contributed by atoms with Crippen molar-refractivity contribution in [2.75, 3.05) is 26.2 Å². The number of carbonyl (C=O) groups excluding carboxylic acids is 1. The fourth-order valence-electron chi connectivity index (χ4n) is 2.74. The highest BCUT2D eigenvalue weighted by Gasteiger charge is 2.31. The van der Waals surface area contributed by atoms with E-state index >= 15 is 0 Å². The maximum absolute atomic E-state index is 12.4. The SMILES string of the molecule is CCN1CCN(C(=O)c2cc[nH]c2)C[C@H]1c1ncc[nH]1. The maximum atomic E-state index is 12.4. The van der Waals surface area contributed by atoms with Gasteiger partial charge < -0.3 is 14.9 Å². The molecule has 2 aromatic rings. The second-order valence-electron chi connectivity index (χ2n) is 4.97. The van der Waals surface area contributed by atoms with Gasteiger partial charge in [0, 0.05) is 44.4 Å². The highest BCUT2D eigenvalue weighted by Crippen LogP contribution is 2.23. The molecule has 1 amide bonds. The minimum absolute atomic E-state index is 0.0820. The zero-order valence-corrected chi connectivity index (χ0v) is 11.5. The van der Waals surface area contributed by atoms with Crippen molar-refractivity contribution < 1.29 is 4.79 Å². The number of rotatable bonds is 3. The topological polar surface area (TPSA) is 68.0 Å². The molecule has 0 aliphatic carbocycles. The van der Waals surface area contributed by atoms with E-state index < -0.39 is 0 Å². The molecule has 3 rings (SSSR count). The van der Waals surface area contributed by atoms with Gasteiger partial charge in [0.2, 0.25) is 0 Å². The molecule has 6 heteroatoms. The van der Waals surface area contributed by atoms with Crippen molar-refractivity contribution >= 4 is 5.91 Å². The monoisotopic (exact) mass is 273 g/mol. The quantitative estimate of drug-likeness (QED) is 0.884. The summed E-state index contributed by atoms with van der Waals surface area (Å²) in [5.74, 6) is 1.01. The summed E-state index contributed by atoms with van der Waals surface area (Å²) in [6.45, 7) is 5.40. The Kier molecular flexibility index (Phi) is 3.56. The zero-order chi connectivity index (χ0) is 13.9. The van der Waals surface area contributed by atoms with Crippen LogP contribution in [0.3, 0.4) is 0 Å². The van der Waals surface area contributed by atoms with Gasteiger partial charge in [-0.3, -0.25) is 9.69 Å². The van der Waals surface area contributed by atoms with Gasteiger partial charge >= 0.3 is 0 Å². The third-order valence-corrected chi connectivity index (χ3v) is 3.86. The second kappa shape index (κ2) is 5.50. The fourth-order valence-corrected chi connectivity index (χ4v) is 2.74. The largest absolute Gasteiger partial charge is 0.367 e. The zero-order valence-electron chi connectivity index (χ0n) is 11.5. The van der Waals surface area contributed by atoms with E-state index in [1.165, 1.54) is 0 Å². The lowest BCUT2D eigenvalue weighted by Gasteiger charge is -2.40. The first-order valence-corrected chi connectivity index (χ1v) is 6.95. The number of H-pyrrole nitrogens is 2. The molecule has 1 aliphatic heterocycles. The summed E-state index contributed by atoms with van der Waals surface area (Å²) >= 11 is 0. The van der Waals surface area contributed by atoms with Gasteiger partial charge in [0.05, 0.1) is 11.6 Å². The number of aromatic nitrogens is 3. The van der Waals surface area contributed by atoms with Crippen LogP contribution in [-0.2, 0) is 0 Å². The molecular weight excluding hydrogens is 254 g/mol. The summed E-state index contributed by atoms with van der Waals surface area (Å²) in [6, 6.07) is 1.96. The van der Waals surface area contributed by atoms with Crippen LogP contribution in [0.1, 0.15) is 29.1 Å². The van der Waals surface area contributed by atoms with Gasteiger partial charge in [0.15, 0.2) is 0 Å². The summed E-state index contributed by atoms with van der Waals surface area (Å²) in [4.78, 5) is 27.1. The first kappa shape index (κ1) is 12.9. The van der Waals surface area contributed by atoms with E-state index in [4.69, 9.17) is 0 Å². The van der Waals surface area contributed by atoms with E-state index in [1.54, 1.807) is 18.6 Å². The lowest BCUT2D eigenvalue weighted by Crippen LogP contribution is -2.50. The first-order valence-electron chi connectivity index (χ1n) is 6.95. The molecule has 1 saturated heterocycles. The molecule has 106 valence electrons. The van der Waals surface area contributed by atoms with Gasteiger partial charge in [0.1, 0.15) is 5.82 Å². The number of imidazole rings is 1. The van der Waals surface area contributed by atoms with E-state index in [0.29, 0.717) is 12.1 Å². The Hall–Kier alpha value is -2.08. The van der Waals surface area contributed by atoms with E-state index in [9.17, 15) is 4.79 Å². The van der Waals surface area contributed by atoms with E-state index in [2.05, 4.69) is 26.8 Å². The molecule has 0 spiro atoms. The summed E-state index contributed by atoms with van der Waals surface area (Å²) in [5.41, 5.74) is 0.716. The Labute approximate surface area is 117 Å². The molecule has 0 aromatic carbocycles. The molecule has 0 unspecified atom stereocenters. The predicted octanol–water partition coefficient (Wildman–Crippen LogP) is 1.26. The van der Waals surface area contributed by atoms with Gasteiger partial charge in [-0.1, -0.05) is 6.92 Å². The van der Waals surface area contributed by atoms with Gasteiger partial charge in [-0.05, 0) is 12.6 Å². The van der Waals surface area contributed by atoms with Crippen molar-refractivity contribution in [3.63, 3.8) is 0 Å². The van der Waals surface area contributed by atoms with E-state index in [-0.39, 0.29) is 11.9 Å². The van der Waals surface area contributed by atoms with Crippen molar-refractivity contribution in [1.82, 2.24) is 24.8 Å². The molecule has 2 N–H and O–H groups in total. The Morgan fingerprint density at radius 3 is 3.00 bits per heavy atom. The fraction of sp³-hybridized carbons (Fsp3) is 0.429. The number of nitrogens with zero attached hydrogens (tertiary/aromatic N) is 3. The maximum Gasteiger partial charge on any atom is 0.255 e. The minimum Gasteiger partial charge on any atom is -0.367 e. The number of aromatic amines is 2. The van der Waals surface area contributed by atoms with Gasteiger partial charge in [-0.2, -0.15) is 0 Å². The highest BCUT2D eigenvalue weighted by molar-refractivity contribution is 5.94. The highest BCUT2D eigenvalue weighted by atomic mass is 16.2. The molecule has 1 atom stereocenters. The van der Waals surface area contributed by atoms with E-state index in [1.807, 2.05) is 17.2 Å². The lowest BCUT2D eigenvalue weighted by molar-refractivity contribution is 0.0480. The minimum atomic E-state index is 0.0820. The average Bonchev–Trinajstić information content (AvgIpc) is 3.18. The Morgan fingerprint density at radius 1 is 1.45 bits per heavy atom. The number of piperazine rings is 1. The van der Waals surface area contributed by atoms with Crippen LogP contribution in [0.15, 0.2) is 30.9 Å². The van der Waals surface area contributed by atoms with Gasteiger partial charge in [0.25, 0.3) is 5.91 Å². The summed E-state index contributed by atoms with van der Waals surface area (Å²) in [5, 5.41) is 0. The first-order chi connectivity index (χ1) is 9.79. The van der Waals surface area contributed by atoms with Crippen molar-refractivity contribution in [1.29, 1.82) is 0 Å². The molecular formula is C14H19N5O. The van der Waals surface area contributed by atoms with Crippen LogP contribution >= 0.6 is 0 Å². The smallest absolute Gasteiger partial charge is 0.255 e. The Bertz CT molecular complexity index is 548. The van der Waals surface area contributed by atoms with Crippen molar-refractivity contribution in [2.45, 2.75) is 13.0 Å². The van der Waals surface area contributed by atoms with Crippen LogP contribution in [0.4, 0.5) is 0 Å².